The van der Waals surface area contributed by atoms with Crippen LogP contribution in [0.2, 0.25) is 0 Å². The summed E-state index contributed by atoms with van der Waals surface area (Å²) >= 11 is 0. The van der Waals surface area contributed by atoms with Crippen molar-refractivity contribution in [2.24, 2.45) is 5.92 Å². The second kappa shape index (κ2) is 14.3. The van der Waals surface area contributed by atoms with Crippen LogP contribution >= 0.6 is 0 Å². The van der Waals surface area contributed by atoms with E-state index in [1.807, 2.05) is 13.8 Å². The Labute approximate surface area is 141 Å². The Bertz CT molecular complexity index is 318. The van der Waals surface area contributed by atoms with Crippen molar-refractivity contribution in [2.75, 3.05) is 13.2 Å². The highest BCUT2D eigenvalue weighted by atomic mass is 16.6. The first-order chi connectivity index (χ1) is 11.0. The molecular weight excluding hydrogens is 294 g/mol. The summed E-state index contributed by atoms with van der Waals surface area (Å²) in [5.41, 5.74) is 0. The SMILES string of the molecule is CCCCCCCCCCOC(=O)[C@H](C)NC(=O)OCC(C)C. The molecule has 0 spiro atoms. The normalized spacial score (nSPS) is 12.0. The van der Waals surface area contributed by atoms with Gasteiger partial charge in [-0.1, -0.05) is 65.7 Å². The topological polar surface area (TPSA) is 64.6 Å². The van der Waals surface area contributed by atoms with Gasteiger partial charge in [-0.15, -0.1) is 0 Å². The smallest absolute Gasteiger partial charge is 0.407 e. The number of nitrogens with one attached hydrogen (secondary N) is 1. The molecule has 0 saturated carbocycles. The molecule has 0 aliphatic heterocycles. The fourth-order valence-electron chi connectivity index (χ4n) is 2.05. The van der Waals surface area contributed by atoms with Gasteiger partial charge in [-0.2, -0.15) is 0 Å². The van der Waals surface area contributed by atoms with Gasteiger partial charge in [0.05, 0.1) is 13.2 Å². The van der Waals surface area contributed by atoms with Gasteiger partial charge in [0.15, 0.2) is 0 Å². The van der Waals surface area contributed by atoms with Crippen LogP contribution in [0.5, 0.6) is 0 Å². The van der Waals surface area contributed by atoms with Gasteiger partial charge >= 0.3 is 12.1 Å². The molecule has 0 aliphatic rings. The number of amides is 1. The zero-order valence-electron chi connectivity index (χ0n) is 15.4. The lowest BCUT2D eigenvalue weighted by Gasteiger charge is -2.14. The van der Waals surface area contributed by atoms with Gasteiger partial charge in [0.25, 0.3) is 0 Å². The first-order valence-electron chi connectivity index (χ1n) is 9.07. The summed E-state index contributed by atoms with van der Waals surface area (Å²) in [5.74, 6) is -0.139. The van der Waals surface area contributed by atoms with Gasteiger partial charge in [0.2, 0.25) is 0 Å². The highest BCUT2D eigenvalue weighted by Crippen LogP contribution is 2.08. The lowest BCUT2D eigenvalue weighted by atomic mass is 10.1. The van der Waals surface area contributed by atoms with Crippen LogP contribution < -0.4 is 5.32 Å². The maximum absolute atomic E-state index is 11.7. The van der Waals surface area contributed by atoms with Crippen molar-refractivity contribution in [1.82, 2.24) is 5.32 Å². The van der Waals surface area contributed by atoms with Crippen LogP contribution in [0, 0.1) is 5.92 Å². The van der Waals surface area contributed by atoms with Crippen molar-refractivity contribution in [3.8, 4) is 0 Å². The molecule has 1 amide bonds. The zero-order chi connectivity index (χ0) is 17.5. The van der Waals surface area contributed by atoms with E-state index in [9.17, 15) is 9.59 Å². The number of esters is 1. The number of rotatable bonds is 13. The fourth-order valence-corrected chi connectivity index (χ4v) is 2.05. The molecule has 0 aliphatic carbocycles. The number of alkyl carbamates (subject to hydrolysis) is 1. The maximum atomic E-state index is 11.7. The summed E-state index contributed by atoms with van der Waals surface area (Å²) in [4.78, 5) is 23.2. The molecule has 0 bridgehead atoms. The monoisotopic (exact) mass is 329 g/mol. The molecule has 0 fully saturated rings. The summed E-state index contributed by atoms with van der Waals surface area (Å²) < 4.78 is 10.1. The van der Waals surface area contributed by atoms with E-state index in [0.29, 0.717) is 13.2 Å². The van der Waals surface area contributed by atoms with Crippen molar-refractivity contribution in [3.63, 3.8) is 0 Å². The van der Waals surface area contributed by atoms with E-state index in [-0.39, 0.29) is 5.92 Å². The van der Waals surface area contributed by atoms with E-state index in [2.05, 4.69) is 12.2 Å². The van der Waals surface area contributed by atoms with Crippen molar-refractivity contribution >= 4 is 12.1 Å². The number of carbonyl (C=O) groups excluding carboxylic acids is 2. The van der Waals surface area contributed by atoms with Crippen LogP contribution in [0.4, 0.5) is 4.79 Å². The minimum absolute atomic E-state index is 0.269. The van der Waals surface area contributed by atoms with Crippen molar-refractivity contribution in [3.05, 3.63) is 0 Å². The molecular formula is C18H35NO4. The Hall–Kier alpha value is -1.26. The molecule has 0 aromatic carbocycles. The van der Waals surface area contributed by atoms with Crippen molar-refractivity contribution in [2.45, 2.75) is 85.1 Å². The van der Waals surface area contributed by atoms with Crippen molar-refractivity contribution in [1.29, 1.82) is 0 Å². The lowest BCUT2D eigenvalue weighted by Crippen LogP contribution is -2.40. The van der Waals surface area contributed by atoms with Crippen LogP contribution in [0.15, 0.2) is 0 Å². The van der Waals surface area contributed by atoms with Crippen LogP contribution in [0.25, 0.3) is 0 Å². The minimum atomic E-state index is -0.677. The average Bonchev–Trinajstić information content (AvgIpc) is 2.51. The van der Waals surface area contributed by atoms with Gasteiger partial charge < -0.3 is 14.8 Å². The summed E-state index contributed by atoms with van der Waals surface area (Å²) in [6.45, 7) is 8.48. The largest absolute Gasteiger partial charge is 0.464 e. The number of hydrogen-bond acceptors (Lipinski definition) is 4. The van der Waals surface area contributed by atoms with Crippen LogP contribution in [-0.4, -0.2) is 31.3 Å². The molecule has 0 aromatic rings. The quantitative estimate of drug-likeness (QED) is 0.401. The van der Waals surface area contributed by atoms with Gasteiger partial charge in [-0.05, 0) is 19.3 Å². The Morgan fingerprint density at radius 3 is 2.00 bits per heavy atom. The second-order valence-electron chi connectivity index (χ2n) is 6.50. The Morgan fingerprint density at radius 1 is 0.870 bits per heavy atom. The van der Waals surface area contributed by atoms with Crippen LogP contribution in [-0.2, 0) is 14.3 Å². The molecule has 0 heterocycles. The van der Waals surface area contributed by atoms with E-state index in [1.165, 1.54) is 38.5 Å². The van der Waals surface area contributed by atoms with E-state index < -0.39 is 18.1 Å². The minimum Gasteiger partial charge on any atom is -0.464 e. The first-order valence-corrected chi connectivity index (χ1v) is 9.07. The molecule has 0 radical (unpaired) electrons. The molecule has 0 aromatic heterocycles. The third kappa shape index (κ3) is 14.1. The average molecular weight is 329 g/mol. The third-order valence-electron chi connectivity index (χ3n) is 3.48. The standard InChI is InChI=1S/C18H35NO4/c1-5-6-7-8-9-10-11-12-13-22-17(20)16(4)19-18(21)23-14-15(2)3/h15-16H,5-14H2,1-4H3,(H,19,21)/t16-/m0/s1. The molecule has 23 heavy (non-hydrogen) atoms. The Balaban J connectivity index is 3.55. The molecule has 5 nitrogen and oxygen atoms in total. The first kappa shape index (κ1) is 21.7. The molecule has 0 rings (SSSR count). The Morgan fingerprint density at radius 2 is 1.43 bits per heavy atom. The van der Waals surface area contributed by atoms with Gasteiger partial charge in [0.1, 0.15) is 6.04 Å². The number of ether oxygens (including phenoxy) is 2. The maximum Gasteiger partial charge on any atom is 0.407 e. The van der Waals surface area contributed by atoms with Gasteiger partial charge in [-0.25, -0.2) is 9.59 Å². The van der Waals surface area contributed by atoms with E-state index in [0.717, 1.165) is 12.8 Å². The summed E-state index contributed by atoms with van der Waals surface area (Å²) in [6.07, 6.45) is 9.05. The summed E-state index contributed by atoms with van der Waals surface area (Å²) in [7, 11) is 0. The van der Waals surface area contributed by atoms with Gasteiger partial charge in [0, 0.05) is 0 Å². The highest BCUT2D eigenvalue weighted by molar-refractivity contribution is 5.80. The highest BCUT2D eigenvalue weighted by Gasteiger charge is 2.17. The fraction of sp³-hybridized carbons (Fsp3) is 0.889. The van der Waals surface area contributed by atoms with E-state index in [1.54, 1.807) is 6.92 Å². The molecule has 0 saturated heterocycles. The number of unbranched alkanes of at least 4 members (excludes halogenated alkanes) is 7. The lowest BCUT2D eigenvalue weighted by molar-refractivity contribution is -0.145. The summed E-state index contributed by atoms with van der Waals surface area (Å²) in [6, 6.07) is -0.677. The van der Waals surface area contributed by atoms with E-state index in [4.69, 9.17) is 9.47 Å². The predicted octanol–water partition coefficient (Wildman–Crippen LogP) is 4.44. The molecule has 1 atom stereocenters. The second-order valence-corrected chi connectivity index (χ2v) is 6.50. The molecule has 5 heteroatoms. The third-order valence-corrected chi connectivity index (χ3v) is 3.48. The van der Waals surface area contributed by atoms with Crippen LogP contribution in [0.1, 0.15) is 79.1 Å². The van der Waals surface area contributed by atoms with E-state index >= 15 is 0 Å². The predicted molar refractivity (Wildman–Crippen MR) is 92.4 cm³/mol. The van der Waals surface area contributed by atoms with Crippen LogP contribution in [0.3, 0.4) is 0 Å². The zero-order valence-corrected chi connectivity index (χ0v) is 15.4. The number of carbonyl (C=O) groups is 2. The van der Waals surface area contributed by atoms with Crippen molar-refractivity contribution < 1.29 is 19.1 Å². The summed E-state index contributed by atoms with van der Waals surface area (Å²) in [5, 5.41) is 2.48. The Kier molecular flexibility index (Phi) is 13.6. The van der Waals surface area contributed by atoms with Gasteiger partial charge in [-0.3, -0.25) is 0 Å². The molecule has 1 N–H and O–H groups in total. The molecule has 136 valence electrons. The molecule has 0 unspecified atom stereocenters. The number of hydrogen-bond donors (Lipinski definition) is 1.